The molecule has 3 aromatic rings. The smallest absolute Gasteiger partial charge is 0.269 e. The van der Waals surface area contributed by atoms with Crippen molar-refractivity contribution >= 4 is 11.8 Å². The average Bonchev–Trinajstić information content (AvgIpc) is 2.93. The number of hydrogen-bond donors (Lipinski definition) is 0. The van der Waals surface area contributed by atoms with E-state index in [1.165, 1.54) is 12.1 Å². The normalized spacial score (nSPS) is 13.7. The number of nitrogens with zero attached hydrogens (tertiary/aromatic N) is 3. The predicted octanol–water partition coefficient (Wildman–Crippen LogP) is 4.24. The predicted molar refractivity (Wildman–Crippen MR) is 93.0 cm³/mol. The fraction of sp³-hybridized carbons (Fsp3) is 0.100. The first-order chi connectivity index (χ1) is 14.2. The number of alkyl halides is 3. The molecular weight excluding hydrogens is 409 g/mol. The van der Waals surface area contributed by atoms with Crippen LogP contribution in [-0.4, -0.2) is 26.7 Å². The van der Waals surface area contributed by atoms with E-state index in [4.69, 9.17) is 0 Å². The average molecular weight is 419 g/mol. The number of carbonyl (C=O) groups excluding carboxylic acids is 2. The molecule has 0 radical (unpaired) electrons. The second-order valence-corrected chi connectivity index (χ2v) is 6.45. The number of amides is 2. The highest BCUT2D eigenvalue weighted by Crippen LogP contribution is 2.32. The largest absolute Gasteiger partial charge is 0.436 e. The molecule has 2 aromatic heterocycles. The molecule has 30 heavy (non-hydrogen) atoms. The van der Waals surface area contributed by atoms with Crippen LogP contribution in [0.4, 0.5) is 22.0 Å². The van der Waals surface area contributed by atoms with E-state index in [1.54, 1.807) is 12.1 Å². The molecular formula is C20H10F5N3O2. The molecule has 0 fully saturated rings. The number of pyridine rings is 2. The van der Waals surface area contributed by atoms with Crippen LogP contribution in [0.5, 0.6) is 0 Å². The summed E-state index contributed by atoms with van der Waals surface area (Å²) in [6, 6.07) is 7.84. The lowest BCUT2D eigenvalue weighted by Crippen LogP contribution is -2.29. The van der Waals surface area contributed by atoms with Gasteiger partial charge in [-0.05, 0) is 24.3 Å². The van der Waals surface area contributed by atoms with Crippen LogP contribution in [0.1, 0.15) is 32.1 Å². The van der Waals surface area contributed by atoms with E-state index in [0.29, 0.717) is 12.3 Å². The Morgan fingerprint density at radius 3 is 2.03 bits per heavy atom. The molecule has 0 N–H and O–H groups in total. The van der Waals surface area contributed by atoms with Gasteiger partial charge in [0.05, 0.1) is 29.6 Å². The number of halogens is 5. The van der Waals surface area contributed by atoms with Gasteiger partial charge in [0.15, 0.2) is 11.5 Å². The fourth-order valence-corrected chi connectivity index (χ4v) is 3.13. The van der Waals surface area contributed by atoms with Crippen LogP contribution in [-0.2, 0) is 12.7 Å². The molecule has 1 aromatic carbocycles. The van der Waals surface area contributed by atoms with Crippen LogP contribution in [0.15, 0.2) is 48.8 Å². The molecule has 10 heteroatoms. The quantitative estimate of drug-likeness (QED) is 0.471. The zero-order valence-corrected chi connectivity index (χ0v) is 14.9. The summed E-state index contributed by atoms with van der Waals surface area (Å²) in [6.07, 6.45) is -3.52. The van der Waals surface area contributed by atoms with E-state index in [9.17, 15) is 31.5 Å². The van der Waals surface area contributed by atoms with Gasteiger partial charge < -0.3 is 0 Å². The summed E-state index contributed by atoms with van der Waals surface area (Å²) < 4.78 is 66.1. The highest BCUT2D eigenvalue weighted by atomic mass is 19.4. The summed E-state index contributed by atoms with van der Waals surface area (Å²) in [5.41, 5.74) is -1.70. The summed E-state index contributed by atoms with van der Waals surface area (Å²) in [4.78, 5) is 32.7. The summed E-state index contributed by atoms with van der Waals surface area (Å²) in [5, 5.41) is 0. The van der Waals surface area contributed by atoms with Gasteiger partial charge in [0.25, 0.3) is 11.8 Å². The molecule has 0 unspecified atom stereocenters. The number of carbonyl (C=O) groups is 2. The minimum Gasteiger partial charge on any atom is -0.269 e. The Hall–Kier alpha value is -3.69. The van der Waals surface area contributed by atoms with Crippen LogP contribution >= 0.6 is 0 Å². The molecule has 152 valence electrons. The molecule has 1 aliphatic heterocycles. The Morgan fingerprint density at radius 1 is 0.833 bits per heavy atom. The Kier molecular flexibility index (Phi) is 4.56. The highest BCUT2D eigenvalue weighted by molar-refractivity contribution is 6.21. The molecule has 0 bridgehead atoms. The lowest BCUT2D eigenvalue weighted by Gasteiger charge is -2.14. The first kappa shape index (κ1) is 19.6. The molecule has 4 rings (SSSR count). The van der Waals surface area contributed by atoms with Gasteiger partial charge in [-0.15, -0.1) is 0 Å². The van der Waals surface area contributed by atoms with Crippen molar-refractivity contribution in [3.05, 3.63) is 82.9 Å². The number of imide groups is 1. The Morgan fingerprint density at radius 2 is 1.47 bits per heavy atom. The Labute approximate surface area is 165 Å². The van der Waals surface area contributed by atoms with E-state index < -0.39 is 35.3 Å². The summed E-state index contributed by atoms with van der Waals surface area (Å²) in [7, 11) is 0. The van der Waals surface area contributed by atoms with Crippen LogP contribution < -0.4 is 0 Å². The molecule has 0 saturated heterocycles. The van der Waals surface area contributed by atoms with Crippen molar-refractivity contribution in [1.29, 1.82) is 0 Å². The van der Waals surface area contributed by atoms with E-state index in [2.05, 4.69) is 9.97 Å². The second kappa shape index (κ2) is 6.97. The Bertz CT molecular complexity index is 1160. The number of rotatable bonds is 3. The van der Waals surface area contributed by atoms with E-state index >= 15 is 0 Å². The summed E-state index contributed by atoms with van der Waals surface area (Å²) >= 11 is 0. The highest BCUT2D eigenvalue weighted by Gasteiger charge is 2.37. The van der Waals surface area contributed by atoms with Crippen LogP contribution in [0.2, 0.25) is 0 Å². The van der Waals surface area contributed by atoms with Crippen molar-refractivity contribution in [2.24, 2.45) is 0 Å². The van der Waals surface area contributed by atoms with E-state index in [0.717, 1.165) is 17.2 Å². The number of benzene rings is 1. The molecule has 0 spiro atoms. The first-order valence-electron chi connectivity index (χ1n) is 8.49. The number of fused-ring (bicyclic) bond motifs is 1. The Balaban J connectivity index is 1.66. The monoisotopic (exact) mass is 419 g/mol. The summed E-state index contributed by atoms with van der Waals surface area (Å²) in [5.74, 6) is -3.68. The zero-order valence-electron chi connectivity index (χ0n) is 14.9. The SMILES string of the molecule is O=C1c2ccccc2C(=O)N1Cc1cc(-c2cnc(C(F)(F)F)c(F)c2)c(F)cn1. The molecule has 3 heterocycles. The fourth-order valence-electron chi connectivity index (χ4n) is 3.13. The van der Waals surface area contributed by atoms with E-state index in [1.807, 2.05) is 0 Å². The number of aromatic nitrogens is 2. The van der Waals surface area contributed by atoms with Crippen LogP contribution in [0, 0.1) is 11.6 Å². The minimum atomic E-state index is -4.99. The lowest BCUT2D eigenvalue weighted by molar-refractivity contribution is -0.143. The molecule has 0 aliphatic carbocycles. The van der Waals surface area contributed by atoms with Gasteiger partial charge in [-0.3, -0.25) is 19.5 Å². The minimum absolute atomic E-state index is 0.0845. The van der Waals surface area contributed by atoms with Gasteiger partial charge in [0.1, 0.15) is 5.82 Å². The van der Waals surface area contributed by atoms with Gasteiger partial charge >= 0.3 is 6.18 Å². The third kappa shape index (κ3) is 3.30. The van der Waals surface area contributed by atoms with Crippen molar-refractivity contribution in [2.45, 2.75) is 12.7 Å². The van der Waals surface area contributed by atoms with Crippen molar-refractivity contribution in [3.63, 3.8) is 0 Å². The van der Waals surface area contributed by atoms with Crippen molar-refractivity contribution < 1.29 is 31.5 Å². The van der Waals surface area contributed by atoms with Gasteiger partial charge in [0.2, 0.25) is 0 Å². The van der Waals surface area contributed by atoms with Gasteiger partial charge in [-0.1, -0.05) is 12.1 Å². The third-order valence-corrected chi connectivity index (χ3v) is 4.53. The molecule has 5 nitrogen and oxygen atoms in total. The van der Waals surface area contributed by atoms with Gasteiger partial charge in [-0.2, -0.15) is 13.2 Å². The molecule has 0 atom stereocenters. The number of hydrogen-bond acceptors (Lipinski definition) is 4. The lowest BCUT2D eigenvalue weighted by atomic mass is 10.1. The maximum absolute atomic E-state index is 14.2. The topological polar surface area (TPSA) is 63.2 Å². The maximum atomic E-state index is 14.2. The zero-order chi connectivity index (χ0) is 21.6. The summed E-state index contributed by atoms with van der Waals surface area (Å²) in [6.45, 7) is -0.295. The molecule has 1 aliphatic rings. The second-order valence-electron chi connectivity index (χ2n) is 6.45. The van der Waals surface area contributed by atoms with E-state index in [-0.39, 0.29) is 34.5 Å². The van der Waals surface area contributed by atoms with Gasteiger partial charge in [-0.25, -0.2) is 13.8 Å². The van der Waals surface area contributed by atoms with Crippen molar-refractivity contribution in [1.82, 2.24) is 14.9 Å². The van der Waals surface area contributed by atoms with Crippen LogP contribution in [0.25, 0.3) is 11.1 Å². The standard InChI is InChI=1S/C20H10F5N3O2/c21-15-5-10(7-27-17(15)20(23,24)25)14-6-11(26-8-16(14)22)9-28-18(29)12-3-1-2-4-13(12)19(28)30/h1-8H,9H2. The third-order valence-electron chi connectivity index (χ3n) is 4.53. The molecule has 2 amide bonds. The maximum Gasteiger partial charge on any atom is 0.436 e. The first-order valence-corrected chi connectivity index (χ1v) is 8.49. The van der Waals surface area contributed by atoms with Crippen LogP contribution in [0.3, 0.4) is 0 Å². The molecule has 0 saturated carbocycles. The van der Waals surface area contributed by atoms with Gasteiger partial charge in [0, 0.05) is 17.3 Å². The van der Waals surface area contributed by atoms with Crippen molar-refractivity contribution in [2.75, 3.05) is 0 Å². The van der Waals surface area contributed by atoms with Crippen molar-refractivity contribution in [3.8, 4) is 11.1 Å².